The van der Waals surface area contributed by atoms with Crippen LogP contribution < -0.4 is 5.32 Å². The van der Waals surface area contributed by atoms with E-state index in [9.17, 15) is 0 Å². The summed E-state index contributed by atoms with van der Waals surface area (Å²) < 4.78 is 0. The lowest BCUT2D eigenvalue weighted by molar-refractivity contribution is 0.249. The van der Waals surface area contributed by atoms with Crippen LogP contribution in [0.1, 0.15) is 52.4 Å². The van der Waals surface area contributed by atoms with Crippen LogP contribution in [0.3, 0.4) is 0 Å². The van der Waals surface area contributed by atoms with Crippen molar-refractivity contribution in [2.75, 3.05) is 39.8 Å². The highest BCUT2D eigenvalue weighted by molar-refractivity contribution is 14.0. The average molecular weight is 422 g/mol. The largest absolute Gasteiger partial charge is 0.356 e. The van der Waals surface area contributed by atoms with Crippen molar-refractivity contribution in [2.24, 2.45) is 10.9 Å². The molecular formula is C17H35IN4. The first-order chi connectivity index (χ1) is 10.2. The number of aliphatic imine (C=N–C) groups is 1. The van der Waals surface area contributed by atoms with Crippen molar-refractivity contribution >= 4 is 29.9 Å². The van der Waals surface area contributed by atoms with Gasteiger partial charge in [0.15, 0.2) is 5.96 Å². The second kappa shape index (κ2) is 10.7. The van der Waals surface area contributed by atoms with E-state index < -0.39 is 0 Å². The van der Waals surface area contributed by atoms with Gasteiger partial charge in [0, 0.05) is 32.7 Å². The number of nitrogens with one attached hydrogen (secondary N) is 1. The summed E-state index contributed by atoms with van der Waals surface area (Å²) in [7, 11) is 1.92. The van der Waals surface area contributed by atoms with E-state index in [1.807, 2.05) is 7.05 Å². The zero-order valence-electron chi connectivity index (χ0n) is 14.7. The second-order valence-electron chi connectivity index (χ2n) is 7.00. The molecule has 1 N–H and O–H groups in total. The van der Waals surface area contributed by atoms with Crippen molar-refractivity contribution in [3.05, 3.63) is 0 Å². The number of halogens is 1. The molecule has 22 heavy (non-hydrogen) atoms. The van der Waals surface area contributed by atoms with Gasteiger partial charge in [-0.2, -0.15) is 0 Å². The van der Waals surface area contributed by atoms with Gasteiger partial charge in [-0.1, -0.05) is 26.7 Å². The van der Waals surface area contributed by atoms with Gasteiger partial charge < -0.3 is 10.2 Å². The summed E-state index contributed by atoms with van der Waals surface area (Å²) in [6.07, 6.45) is 7.98. The zero-order chi connectivity index (χ0) is 15.1. The molecule has 2 aliphatic heterocycles. The minimum atomic E-state index is 0. The maximum atomic E-state index is 4.48. The third-order valence-electron chi connectivity index (χ3n) is 4.82. The van der Waals surface area contributed by atoms with Crippen molar-refractivity contribution < 1.29 is 0 Å². The lowest BCUT2D eigenvalue weighted by Gasteiger charge is -2.25. The Morgan fingerprint density at radius 2 is 1.91 bits per heavy atom. The zero-order valence-corrected chi connectivity index (χ0v) is 17.0. The van der Waals surface area contributed by atoms with Gasteiger partial charge in [0.2, 0.25) is 0 Å². The van der Waals surface area contributed by atoms with Crippen LogP contribution in [0.2, 0.25) is 0 Å². The molecule has 2 saturated heterocycles. The topological polar surface area (TPSA) is 30.9 Å². The van der Waals surface area contributed by atoms with E-state index in [4.69, 9.17) is 0 Å². The Hall–Kier alpha value is -0.0400. The summed E-state index contributed by atoms with van der Waals surface area (Å²) in [6, 6.07) is 0.756. The predicted octanol–water partition coefficient (Wildman–Crippen LogP) is 3.18. The standard InChI is InChI=1S/C17H34N4.HI/c1-15(2)8-4-5-10-19-17(18-3)21-13-9-16(14-21)20-11-6-7-12-20;/h15-16H,4-14H2,1-3H3,(H,18,19);1H. The van der Waals surface area contributed by atoms with E-state index in [0.717, 1.165) is 37.6 Å². The molecule has 0 aliphatic carbocycles. The third-order valence-corrected chi connectivity index (χ3v) is 4.82. The molecule has 4 nitrogen and oxygen atoms in total. The maximum absolute atomic E-state index is 4.48. The van der Waals surface area contributed by atoms with Crippen LogP contribution in [-0.4, -0.2) is 61.6 Å². The molecule has 0 bridgehead atoms. The number of hydrogen-bond acceptors (Lipinski definition) is 2. The lowest BCUT2D eigenvalue weighted by Crippen LogP contribution is -2.43. The van der Waals surface area contributed by atoms with Crippen molar-refractivity contribution in [3.8, 4) is 0 Å². The Kier molecular flexibility index (Phi) is 9.71. The Morgan fingerprint density at radius 1 is 1.18 bits per heavy atom. The van der Waals surface area contributed by atoms with Gasteiger partial charge in [-0.3, -0.25) is 9.89 Å². The van der Waals surface area contributed by atoms with Gasteiger partial charge in [-0.25, -0.2) is 0 Å². The minimum absolute atomic E-state index is 0. The normalized spacial score (nSPS) is 23.2. The van der Waals surface area contributed by atoms with Crippen LogP contribution in [0.15, 0.2) is 4.99 Å². The van der Waals surface area contributed by atoms with E-state index in [-0.39, 0.29) is 24.0 Å². The highest BCUT2D eigenvalue weighted by Crippen LogP contribution is 2.20. The Balaban J connectivity index is 0.00000242. The van der Waals surface area contributed by atoms with Gasteiger partial charge >= 0.3 is 0 Å². The van der Waals surface area contributed by atoms with Crippen LogP contribution >= 0.6 is 24.0 Å². The Morgan fingerprint density at radius 3 is 2.55 bits per heavy atom. The van der Waals surface area contributed by atoms with Crippen molar-refractivity contribution in [1.82, 2.24) is 15.1 Å². The number of guanidine groups is 1. The van der Waals surface area contributed by atoms with E-state index in [2.05, 4.69) is 34.0 Å². The molecule has 0 aromatic carbocycles. The van der Waals surface area contributed by atoms with E-state index in [1.165, 1.54) is 51.6 Å². The monoisotopic (exact) mass is 422 g/mol. The number of rotatable bonds is 6. The first-order valence-corrected chi connectivity index (χ1v) is 8.90. The molecular weight excluding hydrogens is 387 g/mol. The van der Waals surface area contributed by atoms with Gasteiger partial charge in [0.25, 0.3) is 0 Å². The predicted molar refractivity (Wildman–Crippen MR) is 106 cm³/mol. The van der Waals surface area contributed by atoms with Crippen molar-refractivity contribution in [1.29, 1.82) is 0 Å². The summed E-state index contributed by atoms with van der Waals surface area (Å²) in [4.78, 5) is 9.60. The Bertz CT molecular complexity index is 327. The van der Waals surface area contributed by atoms with Crippen LogP contribution in [0.25, 0.3) is 0 Å². The van der Waals surface area contributed by atoms with Gasteiger partial charge in [-0.15, -0.1) is 24.0 Å². The van der Waals surface area contributed by atoms with Crippen molar-refractivity contribution in [2.45, 2.75) is 58.4 Å². The van der Waals surface area contributed by atoms with Crippen molar-refractivity contribution in [3.63, 3.8) is 0 Å². The molecule has 2 rings (SSSR count). The summed E-state index contributed by atoms with van der Waals surface area (Å²) in [5.41, 5.74) is 0. The molecule has 2 heterocycles. The summed E-state index contributed by atoms with van der Waals surface area (Å²) >= 11 is 0. The number of hydrogen-bond donors (Lipinski definition) is 1. The third kappa shape index (κ3) is 6.22. The molecule has 0 spiro atoms. The SMILES string of the molecule is CN=C(NCCCCC(C)C)N1CCC(N2CCCC2)C1.I. The first-order valence-electron chi connectivity index (χ1n) is 8.90. The summed E-state index contributed by atoms with van der Waals surface area (Å²) in [5, 5.41) is 3.55. The fourth-order valence-electron chi connectivity index (χ4n) is 3.55. The molecule has 2 fully saturated rings. The fourth-order valence-corrected chi connectivity index (χ4v) is 3.55. The molecule has 5 heteroatoms. The Labute approximate surface area is 154 Å². The van der Waals surface area contributed by atoms with Crippen LogP contribution in [-0.2, 0) is 0 Å². The molecule has 0 radical (unpaired) electrons. The molecule has 2 aliphatic rings. The molecule has 0 amide bonds. The summed E-state index contributed by atoms with van der Waals surface area (Å²) in [6.45, 7) is 10.6. The smallest absolute Gasteiger partial charge is 0.193 e. The van der Waals surface area contributed by atoms with Crippen LogP contribution in [0, 0.1) is 5.92 Å². The van der Waals surface area contributed by atoms with Gasteiger partial charge in [0.05, 0.1) is 0 Å². The van der Waals surface area contributed by atoms with Crippen LogP contribution in [0.5, 0.6) is 0 Å². The van der Waals surface area contributed by atoms with E-state index >= 15 is 0 Å². The fraction of sp³-hybridized carbons (Fsp3) is 0.941. The molecule has 1 unspecified atom stereocenters. The van der Waals surface area contributed by atoms with E-state index in [1.54, 1.807) is 0 Å². The highest BCUT2D eigenvalue weighted by Gasteiger charge is 2.30. The first kappa shape index (κ1) is 20.0. The van der Waals surface area contributed by atoms with Gasteiger partial charge in [-0.05, 0) is 44.7 Å². The molecule has 1 atom stereocenters. The molecule has 0 saturated carbocycles. The van der Waals surface area contributed by atoms with Crippen LogP contribution in [0.4, 0.5) is 0 Å². The number of nitrogens with zero attached hydrogens (tertiary/aromatic N) is 3. The highest BCUT2D eigenvalue weighted by atomic mass is 127. The average Bonchev–Trinajstić information content (AvgIpc) is 3.12. The maximum Gasteiger partial charge on any atom is 0.193 e. The quantitative estimate of drug-likeness (QED) is 0.309. The second-order valence-corrected chi connectivity index (χ2v) is 7.00. The molecule has 0 aromatic heterocycles. The van der Waals surface area contributed by atoms with E-state index in [0.29, 0.717) is 0 Å². The molecule has 130 valence electrons. The molecule has 0 aromatic rings. The number of likely N-dealkylation sites (tertiary alicyclic amines) is 2. The summed E-state index contributed by atoms with van der Waals surface area (Å²) in [5.74, 6) is 1.94. The lowest BCUT2D eigenvalue weighted by atomic mass is 10.1. The number of unbranched alkanes of at least 4 members (excludes halogenated alkanes) is 1. The minimum Gasteiger partial charge on any atom is -0.356 e. The van der Waals surface area contributed by atoms with Gasteiger partial charge in [0.1, 0.15) is 0 Å².